The van der Waals surface area contributed by atoms with Crippen LogP contribution in [-0.4, -0.2) is 20.4 Å². The monoisotopic (exact) mass is 436 g/mol. The number of anilines is 1. The number of carbonyl (C=O) groups excluding carboxylic acids is 1. The van der Waals surface area contributed by atoms with E-state index >= 15 is 0 Å². The van der Waals surface area contributed by atoms with Crippen molar-refractivity contribution in [3.8, 4) is 0 Å². The molecule has 5 nitrogen and oxygen atoms in total. The molecule has 1 amide bonds. The fourth-order valence-corrected chi connectivity index (χ4v) is 4.38. The number of aryl methyl sites for hydroxylation is 2. The Morgan fingerprint density at radius 1 is 0.903 bits per heavy atom. The molecule has 31 heavy (non-hydrogen) atoms. The van der Waals surface area contributed by atoms with Crippen LogP contribution in [0.2, 0.25) is 0 Å². The van der Waals surface area contributed by atoms with Crippen molar-refractivity contribution in [2.45, 2.75) is 44.6 Å². The van der Waals surface area contributed by atoms with Crippen molar-refractivity contribution >= 4 is 21.6 Å². The van der Waals surface area contributed by atoms with Crippen LogP contribution in [0.25, 0.3) is 0 Å². The Morgan fingerprint density at radius 3 is 2.26 bits per heavy atom. The standard InChI is InChI=1S/C25H28N2O3S/c1-18-8-7-11-24(20(18)3)27-31(29,30)23-16-14-22(15-17-23)25(28)26-19(2)12-13-21-9-5-4-6-10-21/h4-11,14-17,19,27H,12-13H2,1-3H3,(H,26,28). The van der Waals surface area contributed by atoms with Crippen LogP contribution in [0.1, 0.15) is 40.4 Å². The molecule has 0 fully saturated rings. The van der Waals surface area contributed by atoms with Crippen LogP contribution in [0.4, 0.5) is 5.69 Å². The topological polar surface area (TPSA) is 75.3 Å². The lowest BCUT2D eigenvalue weighted by Crippen LogP contribution is -2.32. The first-order valence-electron chi connectivity index (χ1n) is 10.3. The first kappa shape index (κ1) is 22.6. The van der Waals surface area contributed by atoms with Gasteiger partial charge in [0.15, 0.2) is 0 Å². The van der Waals surface area contributed by atoms with Gasteiger partial charge in [-0.25, -0.2) is 8.42 Å². The molecule has 0 bridgehead atoms. The zero-order chi connectivity index (χ0) is 22.4. The van der Waals surface area contributed by atoms with Gasteiger partial charge >= 0.3 is 0 Å². The third-order valence-electron chi connectivity index (χ3n) is 5.36. The Labute approximate surface area is 184 Å². The summed E-state index contributed by atoms with van der Waals surface area (Å²) in [7, 11) is -3.74. The predicted octanol–water partition coefficient (Wildman–Crippen LogP) is 4.86. The van der Waals surface area contributed by atoms with Crippen molar-refractivity contribution in [3.63, 3.8) is 0 Å². The van der Waals surface area contributed by atoms with E-state index in [0.29, 0.717) is 11.3 Å². The van der Waals surface area contributed by atoms with Gasteiger partial charge in [0, 0.05) is 11.6 Å². The fourth-order valence-electron chi connectivity index (χ4n) is 3.26. The number of amides is 1. The lowest BCUT2D eigenvalue weighted by atomic mass is 10.1. The highest BCUT2D eigenvalue weighted by Gasteiger charge is 2.17. The maximum absolute atomic E-state index is 12.7. The molecule has 3 aromatic carbocycles. The van der Waals surface area contributed by atoms with E-state index in [9.17, 15) is 13.2 Å². The minimum atomic E-state index is -3.74. The molecule has 1 atom stereocenters. The molecule has 0 saturated heterocycles. The van der Waals surface area contributed by atoms with Gasteiger partial charge < -0.3 is 5.32 Å². The smallest absolute Gasteiger partial charge is 0.261 e. The van der Waals surface area contributed by atoms with Gasteiger partial charge in [-0.1, -0.05) is 42.5 Å². The normalized spacial score (nSPS) is 12.2. The van der Waals surface area contributed by atoms with E-state index in [1.807, 2.05) is 51.1 Å². The molecule has 0 aliphatic carbocycles. The summed E-state index contributed by atoms with van der Waals surface area (Å²) in [5, 5.41) is 2.97. The van der Waals surface area contributed by atoms with E-state index in [2.05, 4.69) is 22.2 Å². The van der Waals surface area contributed by atoms with Gasteiger partial charge in [0.05, 0.1) is 10.6 Å². The summed E-state index contributed by atoms with van der Waals surface area (Å²) in [6, 6.07) is 21.6. The van der Waals surface area contributed by atoms with Gasteiger partial charge in [-0.2, -0.15) is 0 Å². The van der Waals surface area contributed by atoms with E-state index in [1.54, 1.807) is 6.07 Å². The predicted molar refractivity (Wildman–Crippen MR) is 125 cm³/mol. The minimum Gasteiger partial charge on any atom is -0.350 e. The SMILES string of the molecule is Cc1cccc(NS(=O)(=O)c2ccc(C(=O)NC(C)CCc3ccccc3)cc2)c1C. The maximum atomic E-state index is 12.7. The molecule has 162 valence electrons. The minimum absolute atomic E-state index is 0.00192. The molecule has 0 heterocycles. The number of carbonyl (C=O) groups is 1. The van der Waals surface area contributed by atoms with Gasteiger partial charge in [-0.3, -0.25) is 9.52 Å². The van der Waals surface area contributed by atoms with Crippen molar-refractivity contribution in [2.75, 3.05) is 4.72 Å². The van der Waals surface area contributed by atoms with Crippen molar-refractivity contribution < 1.29 is 13.2 Å². The lowest BCUT2D eigenvalue weighted by Gasteiger charge is -2.15. The maximum Gasteiger partial charge on any atom is 0.261 e. The summed E-state index contributed by atoms with van der Waals surface area (Å²) in [5.41, 5.74) is 4.10. The number of rotatable bonds is 8. The molecule has 2 N–H and O–H groups in total. The second kappa shape index (κ2) is 9.79. The molecule has 3 aromatic rings. The number of nitrogens with one attached hydrogen (secondary N) is 2. The number of sulfonamides is 1. The summed E-state index contributed by atoms with van der Waals surface area (Å²) in [5.74, 6) is -0.216. The molecular weight excluding hydrogens is 408 g/mol. The van der Waals surface area contributed by atoms with Crippen LogP contribution in [-0.2, 0) is 16.4 Å². The summed E-state index contributed by atoms with van der Waals surface area (Å²) in [6.07, 6.45) is 1.70. The molecule has 0 radical (unpaired) electrons. The summed E-state index contributed by atoms with van der Waals surface area (Å²) < 4.78 is 28.1. The third-order valence-corrected chi connectivity index (χ3v) is 6.74. The van der Waals surface area contributed by atoms with E-state index in [0.717, 1.165) is 24.0 Å². The zero-order valence-corrected chi connectivity index (χ0v) is 18.9. The molecule has 0 aromatic heterocycles. The van der Waals surface area contributed by atoms with Crippen LogP contribution in [0.3, 0.4) is 0 Å². The molecule has 0 saturated carbocycles. The highest BCUT2D eigenvalue weighted by Crippen LogP contribution is 2.22. The van der Waals surface area contributed by atoms with Crippen molar-refractivity contribution in [1.82, 2.24) is 5.32 Å². The van der Waals surface area contributed by atoms with Crippen LogP contribution in [0.15, 0.2) is 77.7 Å². The molecule has 3 rings (SSSR count). The Bertz CT molecular complexity index is 1140. The number of benzene rings is 3. The van der Waals surface area contributed by atoms with Gasteiger partial charge in [0.25, 0.3) is 15.9 Å². The van der Waals surface area contributed by atoms with E-state index in [1.165, 1.54) is 29.8 Å². The fraction of sp³-hybridized carbons (Fsp3) is 0.240. The molecular formula is C25H28N2O3S. The Hall–Kier alpha value is -3.12. The zero-order valence-electron chi connectivity index (χ0n) is 18.1. The van der Waals surface area contributed by atoms with Crippen molar-refractivity contribution in [2.24, 2.45) is 0 Å². The molecule has 0 aliphatic rings. The van der Waals surface area contributed by atoms with Gasteiger partial charge in [0.2, 0.25) is 0 Å². The second-order valence-corrected chi connectivity index (χ2v) is 9.46. The summed E-state index contributed by atoms with van der Waals surface area (Å²) >= 11 is 0. The molecule has 0 aliphatic heterocycles. The largest absolute Gasteiger partial charge is 0.350 e. The Kier molecular flexibility index (Phi) is 7.13. The molecule has 1 unspecified atom stereocenters. The highest BCUT2D eigenvalue weighted by atomic mass is 32.2. The van der Waals surface area contributed by atoms with E-state index < -0.39 is 10.0 Å². The lowest BCUT2D eigenvalue weighted by molar-refractivity contribution is 0.0938. The molecule has 6 heteroatoms. The van der Waals surface area contributed by atoms with E-state index in [4.69, 9.17) is 0 Å². The first-order chi connectivity index (χ1) is 14.8. The first-order valence-corrected chi connectivity index (χ1v) is 11.8. The number of hydrogen-bond acceptors (Lipinski definition) is 3. The third kappa shape index (κ3) is 5.95. The van der Waals surface area contributed by atoms with Crippen LogP contribution >= 0.6 is 0 Å². The Balaban J connectivity index is 1.62. The average molecular weight is 437 g/mol. The van der Waals surface area contributed by atoms with Crippen molar-refractivity contribution in [1.29, 1.82) is 0 Å². The Morgan fingerprint density at radius 2 is 1.58 bits per heavy atom. The number of hydrogen-bond donors (Lipinski definition) is 2. The summed E-state index contributed by atoms with van der Waals surface area (Å²) in [4.78, 5) is 12.6. The van der Waals surface area contributed by atoms with Crippen LogP contribution in [0.5, 0.6) is 0 Å². The molecule has 0 spiro atoms. The van der Waals surface area contributed by atoms with Crippen LogP contribution in [0, 0.1) is 13.8 Å². The second-order valence-electron chi connectivity index (χ2n) is 7.78. The highest BCUT2D eigenvalue weighted by molar-refractivity contribution is 7.92. The van der Waals surface area contributed by atoms with Gasteiger partial charge in [-0.05, 0) is 80.6 Å². The quantitative estimate of drug-likeness (QED) is 0.530. The average Bonchev–Trinajstić information content (AvgIpc) is 2.76. The van der Waals surface area contributed by atoms with Crippen molar-refractivity contribution in [3.05, 3.63) is 95.1 Å². The van der Waals surface area contributed by atoms with E-state index in [-0.39, 0.29) is 16.8 Å². The summed E-state index contributed by atoms with van der Waals surface area (Å²) in [6.45, 7) is 5.77. The van der Waals surface area contributed by atoms with Gasteiger partial charge in [-0.15, -0.1) is 0 Å². The van der Waals surface area contributed by atoms with Crippen LogP contribution < -0.4 is 10.0 Å². The van der Waals surface area contributed by atoms with Gasteiger partial charge in [0.1, 0.15) is 0 Å².